The van der Waals surface area contributed by atoms with Crippen molar-refractivity contribution in [3.8, 4) is 11.5 Å². The molecule has 3 nitrogen and oxygen atoms in total. The quantitative estimate of drug-likeness (QED) is 0.806. The second-order valence-electron chi connectivity index (χ2n) is 4.98. The van der Waals surface area contributed by atoms with E-state index in [0.717, 1.165) is 24.6 Å². The number of benzene rings is 1. The molecular formula is C14H19NO2. The van der Waals surface area contributed by atoms with Crippen molar-refractivity contribution < 1.29 is 9.47 Å². The zero-order valence-electron chi connectivity index (χ0n) is 10.2. The van der Waals surface area contributed by atoms with Crippen LogP contribution in [-0.4, -0.2) is 26.3 Å². The molecule has 0 bridgehead atoms. The van der Waals surface area contributed by atoms with Gasteiger partial charge < -0.3 is 14.8 Å². The number of hydrogen-bond acceptors (Lipinski definition) is 3. The summed E-state index contributed by atoms with van der Waals surface area (Å²) in [5, 5.41) is 3.44. The lowest BCUT2D eigenvalue weighted by Gasteiger charge is -2.30. The van der Waals surface area contributed by atoms with Gasteiger partial charge in [-0.1, -0.05) is 13.0 Å². The average Bonchev–Trinajstić information content (AvgIpc) is 2.39. The first-order valence-corrected chi connectivity index (χ1v) is 6.45. The van der Waals surface area contributed by atoms with Gasteiger partial charge in [-0.25, -0.2) is 0 Å². The molecule has 3 heteroatoms. The van der Waals surface area contributed by atoms with Crippen molar-refractivity contribution >= 4 is 0 Å². The van der Waals surface area contributed by atoms with Gasteiger partial charge in [-0.15, -0.1) is 0 Å². The van der Waals surface area contributed by atoms with Crippen molar-refractivity contribution in [2.45, 2.75) is 19.3 Å². The Morgan fingerprint density at radius 1 is 1.18 bits per heavy atom. The summed E-state index contributed by atoms with van der Waals surface area (Å²) in [7, 11) is 0. The molecule has 0 radical (unpaired) electrons. The van der Waals surface area contributed by atoms with Gasteiger partial charge in [0.15, 0.2) is 11.5 Å². The fraction of sp³-hybridized carbons (Fsp3) is 0.571. The van der Waals surface area contributed by atoms with Crippen LogP contribution in [0.25, 0.3) is 0 Å². The Morgan fingerprint density at radius 3 is 2.82 bits per heavy atom. The molecule has 1 aromatic carbocycles. The lowest BCUT2D eigenvalue weighted by molar-refractivity contribution is 0.171. The number of nitrogens with one attached hydrogen (secondary N) is 1. The number of ether oxygens (including phenoxy) is 2. The van der Waals surface area contributed by atoms with E-state index in [1.165, 1.54) is 12.0 Å². The van der Waals surface area contributed by atoms with Crippen molar-refractivity contribution in [3.05, 3.63) is 23.8 Å². The molecule has 1 aromatic rings. The van der Waals surface area contributed by atoms with Crippen LogP contribution in [0.2, 0.25) is 0 Å². The van der Waals surface area contributed by atoms with E-state index in [2.05, 4.69) is 30.4 Å². The summed E-state index contributed by atoms with van der Waals surface area (Å²) < 4.78 is 11.2. The highest BCUT2D eigenvalue weighted by Crippen LogP contribution is 2.37. The fourth-order valence-corrected chi connectivity index (χ4v) is 2.80. The lowest BCUT2D eigenvalue weighted by Crippen LogP contribution is -2.33. The van der Waals surface area contributed by atoms with Gasteiger partial charge in [-0.2, -0.15) is 0 Å². The molecule has 0 aliphatic carbocycles. The Hall–Kier alpha value is -1.22. The fourth-order valence-electron chi connectivity index (χ4n) is 2.80. The van der Waals surface area contributed by atoms with E-state index >= 15 is 0 Å². The highest BCUT2D eigenvalue weighted by molar-refractivity contribution is 5.45. The van der Waals surface area contributed by atoms with Gasteiger partial charge in [0.1, 0.15) is 13.2 Å². The van der Waals surface area contributed by atoms with Crippen molar-refractivity contribution in [2.75, 3.05) is 26.3 Å². The molecule has 2 heterocycles. The van der Waals surface area contributed by atoms with Crippen molar-refractivity contribution in [2.24, 2.45) is 5.92 Å². The van der Waals surface area contributed by atoms with Crippen molar-refractivity contribution in [1.29, 1.82) is 0 Å². The SMILES string of the molecule is CC1CNCCC1c1ccc2c(c1)OCCO2. The van der Waals surface area contributed by atoms with Crippen LogP contribution in [0.1, 0.15) is 24.8 Å². The molecular weight excluding hydrogens is 214 g/mol. The molecule has 92 valence electrons. The normalized spacial score (nSPS) is 27.8. The molecule has 1 fully saturated rings. The first-order valence-electron chi connectivity index (χ1n) is 6.45. The molecule has 2 atom stereocenters. The van der Waals surface area contributed by atoms with E-state index in [1.807, 2.05) is 0 Å². The van der Waals surface area contributed by atoms with E-state index in [0.29, 0.717) is 25.0 Å². The van der Waals surface area contributed by atoms with Crippen LogP contribution in [0.3, 0.4) is 0 Å². The molecule has 0 spiro atoms. The zero-order valence-corrected chi connectivity index (χ0v) is 10.2. The van der Waals surface area contributed by atoms with Crippen molar-refractivity contribution in [3.63, 3.8) is 0 Å². The first-order chi connectivity index (χ1) is 8.34. The summed E-state index contributed by atoms with van der Waals surface area (Å²) in [6, 6.07) is 6.42. The number of piperidine rings is 1. The maximum absolute atomic E-state index is 5.65. The van der Waals surface area contributed by atoms with E-state index in [-0.39, 0.29) is 0 Å². The van der Waals surface area contributed by atoms with Gasteiger partial charge in [0.2, 0.25) is 0 Å². The molecule has 2 aliphatic heterocycles. The van der Waals surface area contributed by atoms with Crippen LogP contribution in [-0.2, 0) is 0 Å². The van der Waals surface area contributed by atoms with E-state index < -0.39 is 0 Å². The Morgan fingerprint density at radius 2 is 2.00 bits per heavy atom. The van der Waals surface area contributed by atoms with Crippen molar-refractivity contribution in [1.82, 2.24) is 5.32 Å². The number of fused-ring (bicyclic) bond motifs is 1. The average molecular weight is 233 g/mol. The number of hydrogen-bond donors (Lipinski definition) is 1. The van der Waals surface area contributed by atoms with Crippen LogP contribution in [0.4, 0.5) is 0 Å². The maximum atomic E-state index is 5.65. The summed E-state index contributed by atoms with van der Waals surface area (Å²) in [5.74, 6) is 3.14. The van der Waals surface area contributed by atoms with Crippen LogP contribution in [0, 0.1) is 5.92 Å². The van der Waals surface area contributed by atoms with Crippen LogP contribution in [0.15, 0.2) is 18.2 Å². The Labute approximate surface area is 102 Å². The van der Waals surface area contributed by atoms with Gasteiger partial charge in [0.05, 0.1) is 0 Å². The van der Waals surface area contributed by atoms with Gasteiger partial charge in [0.25, 0.3) is 0 Å². The first kappa shape index (κ1) is 10.9. The van der Waals surface area contributed by atoms with E-state index in [9.17, 15) is 0 Å². The summed E-state index contributed by atoms with van der Waals surface area (Å²) in [5.41, 5.74) is 1.39. The minimum atomic E-state index is 0.645. The molecule has 17 heavy (non-hydrogen) atoms. The van der Waals surface area contributed by atoms with Gasteiger partial charge in [-0.3, -0.25) is 0 Å². The third kappa shape index (κ3) is 2.12. The maximum Gasteiger partial charge on any atom is 0.161 e. The minimum absolute atomic E-state index is 0.645. The molecule has 2 aliphatic rings. The minimum Gasteiger partial charge on any atom is -0.486 e. The highest BCUT2D eigenvalue weighted by Gasteiger charge is 2.24. The smallest absolute Gasteiger partial charge is 0.161 e. The summed E-state index contributed by atoms with van der Waals surface area (Å²) >= 11 is 0. The van der Waals surface area contributed by atoms with Crippen LogP contribution in [0.5, 0.6) is 11.5 Å². The molecule has 0 aromatic heterocycles. The van der Waals surface area contributed by atoms with Gasteiger partial charge in [-0.05, 0) is 49.0 Å². The Balaban J connectivity index is 1.87. The monoisotopic (exact) mass is 233 g/mol. The Bertz CT molecular complexity index is 405. The summed E-state index contributed by atoms with van der Waals surface area (Å²) in [6.07, 6.45) is 1.21. The second-order valence-corrected chi connectivity index (χ2v) is 4.98. The van der Waals surface area contributed by atoms with Gasteiger partial charge in [0, 0.05) is 0 Å². The summed E-state index contributed by atoms with van der Waals surface area (Å²) in [4.78, 5) is 0. The third-order valence-corrected chi connectivity index (χ3v) is 3.78. The predicted molar refractivity (Wildman–Crippen MR) is 66.8 cm³/mol. The Kier molecular flexibility index (Phi) is 2.93. The highest BCUT2D eigenvalue weighted by atomic mass is 16.6. The molecule has 1 saturated heterocycles. The molecule has 1 N–H and O–H groups in total. The predicted octanol–water partition coefficient (Wildman–Crippen LogP) is 2.17. The molecule has 0 saturated carbocycles. The summed E-state index contributed by atoms with van der Waals surface area (Å²) in [6.45, 7) is 5.87. The number of rotatable bonds is 1. The van der Waals surface area contributed by atoms with E-state index in [4.69, 9.17) is 9.47 Å². The third-order valence-electron chi connectivity index (χ3n) is 3.78. The molecule has 3 rings (SSSR count). The zero-order chi connectivity index (χ0) is 11.7. The van der Waals surface area contributed by atoms with Crippen LogP contribution < -0.4 is 14.8 Å². The largest absolute Gasteiger partial charge is 0.486 e. The lowest BCUT2D eigenvalue weighted by atomic mass is 9.82. The van der Waals surface area contributed by atoms with Gasteiger partial charge >= 0.3 is 0 Å². The van der Waals surface area contributed by atoms with E-state index in [1.54, 1.807) is 0 Å². The molecule has 0 amide bonds. The van der Waals surface area contributed by atoms with Crippen LogP contribution >= 0.6 is 0 Å². The standard InChI is InChI=1S/C14H19NO2/c1-10-9-15-5-4-12(10)11-2-3-13-14(8-11)17-7-6-16-13/h2-3,8,10,12,15H,4-7,9H2,1H3. The second kappa shape index (κ2) is 4.57. The topological polar surface area (TPSA) is 30.5 Å². The molecule has 2 unspecified atom stereocenters.